The molecular weight excluding hydrogens is 252 g/mol. The summed E-state index contributed by atoms with van der Waals surface area (Å²) in [5.41, 5.74) is 1.19. The first-order chi connectivity index (χ1) is 9.47. The highest BCUT2D eigenvalue weighted by Gasteiger charge is 2.02. The Balaban J connectivity index is 2.29. The van der Waals surface area contributed by atoms with E-state index < -0.39 is 0 Å². The Kier molecular flexibility index (Phi) is 6.91. The molecule has 1 aromatic carbocycles. The van der Waals surface area contributed by atoms with Crippen LogP contribution in [0, 0.1) is 5.92 Å². The van der Waals surface area contributed by atoms with Gasteiger partial charge in [0, 0.05) is 12.6 Å². The molecule has 0 saturated heterocycles. The van der Waals surface area contributed by atoms with Crippen molar-refractivity contribution in [2.45, 2.75) is 40.2 Å². The van der Waals surface area contributed by atoms with Crippen molar-refractivity contribution in [2.75, 3.05) is 13.2 Å². The molecule has 0 atom stereocenters. The average Bonchev–Trinajstić information content (AvgIpc) is 2.37. The van der Waals surface area contributed by atoms with Crippen LogP contribution in [0.15, 0.2) is 24.3 Å². The van der Waals surface area contributed by atoms with E-state index in [1.807, 2.05) is 38.1 Å². The van der Waals surface area contributed by atoms with Crippen LogP contribution in [-0.4, -0.2) is 25.2 Å². The van der Waals surface area contributed by atoms with Gasteiger partial charge in [-0.1, -0.05) is 26.0 Å². The average molecular weight is 278 g/mol. The lowest BCUT2D eigenvalue weighted by molar-refractivity contribution is 0.238. The molecule has 0 spiro atoms. The maximum absolute atomic E-state index is 11.4. The summed E-state index contributed by atoms with van der Waals surface area (Å²) in [5.74, 6) is 1.42. The quantitative estimate of drug-likeness (QED) is 0.805. The zero-order valence-electron chi connectivity index (χ0n) is 12.9. The second-order valence-corrected chi connectivity index (χ2v) is 5.65. The number of amides is 2. The van der Waals surface area contributed by atoms with E-state index in [1.54, 1.807) is 0 Å². The highest BCUT2D eigenvalue weighted by Crippen LogP contribution is 2.13. The number of ether oxygens (including phenoxy) is 1. The van der Waals surface area contributed by atoms with Crippen LogP contribution in [0.25, 0.3) is 0 Å². The highest BCUT2D eigenvalue weighted by atomic mass is 16.5. The van der Waals surface area contributed by atoms with Crippen LogP contribution >= 0.6 is 0 Å². The maximum atomic E-state index is 11.4. The van der Waals surface area contributed by atoms with Gasteiger partial charge in [0.15, 0.2) is 0 Å². The molecule has 1 rings (SSSR count). The van der Waals surface area contributed by atoms with Gasteiger partial charge in [0.05, 0.1) is 6.61 Å². The minimum Gasteiger partial charge on any atom is -0.493 e. The van der Waals surface area contributed by atoms with E-state index in [0.717, 1.165) is 18.8 Å². The van der Waals surface area contributed by atoms with Gasteiger partial charge in [-0.15, -0.1) is 0 Å². The molecule has 20 heavy (non-hydrogen) atoms. The van der Waals surface area contributed by atoms with Gasteiger partial charge in [-0.25, -0.2) is 4.79 Å². The van der Waals surface area contributed by atoms with Crippen molar-refractivity contribution < 1.29 is 9.53 Å². The Bertz CT molecular complexity index is 399. The SMILES string of the molecule is CC(C)COc1ccc(CCNC(=O)NC(C)C)cc1. The lowest BCUT2D eigenvalue weighted by atomic mass is 10.1. The van der Waals surface area contributed by atoms with Crippen LogP contribution in [0.1, 0.15) is 33.3 Å². The second kappa shape index (κ2) is 8.46. The predicted molar refractivity (Wildman–Crippen MR) is 82.1 cm³/mol. The smallest absolute Gasteiger partial charge is 0.314 e. The fraction of sp³-hybridized carbons (Fsp3) is 0.562. The van der Waals surface area contributed by atoms with Gasteiger partial charge in [0.1, 0.15) is 5.75 Å². The predicted octanol–water partition coefficient (Wildman–Crippen LogP) is 2.97. The third kappa shape index (κ3) is 7.02. The van der Waals surface area contributed by atoms with Crippen LogP contribution in [0.5, 0.6) is 5.75 Å². The Morgan fingerprint density at radius 1 is 1.15 bits per heavy atom. The number of hydrogen-bond donors (Lipinski definition) is 2. The molecule has 112 valence electrons. The van der Waals surface area contributed by atoms with E-state index in [9.17, 15) is 4.79 Å². The lowest BCUT2D eigenvalue weighted by Crippen LogP contribution is -2.40. The molecule has 0 fully saturated rings. The first-order valence-electron chi connectivity index (χ1n) is 7.23. The summed E-state index contributed by atoms with van der Waals surface area (Å²) in [5, 5.41) is 5.63. The van der Waals surface area contributed by atoms with Crippen LogP contribution in [-0.2, 0) is 6.42 Å². The molecule has 4 heteroatoms. The molecule has 4 nitrogen and oxygen atoms in total. The second-order valence-electron chi connectivity index (χ2n) is 5.65. The van der Waals surface area contributed by atoms with E-state index in [1.165, 1.54) is 5.56 Å². The Morgan fingerprint density at radius 2 is 1.80 bits per heavy atom. The molecule has 0 saturated carbocycles. The number of hydrogen-bond acceptors (Lipinski definition) is 2. The number of carbonyl (C=O) groups is 1. The molecule has 0 radical (unpaired) electrons. The Hall–Kier alpha value is -1.71. The summed E-state index contributed by atoms with van der Waals surface area (Å²) >= 11 is 0. The Morgan fingerprint density at radius 3 is 2.35 bits per heavy atom. The van der Waals surface area contributed by atoms with Crippen molar-refractivity contribution in [2.24, 2.45) is 5.92 Å². The summed E-state index contributed by atoms with van der Waals surface area (Å²) in [7, 11) is 0. The van der Waals surface area contributed by atoms with Crippen molar-refractivity contribution >= 4 is 6.03 Å². The fourth-order valence-corrected chi connectivity index (χ4v) is 1.65. The van der Waals surface area contributed by atoms with E-state index >= 15 is 0 Å². The third-order valence-corrected chi connectivity index (χ3v) is 2.63. The normalized spacial score (nSPS) is 10.7. The molecule has 2 N–H and O–H groups in total. The molecule has 0 aliphatic rings. The van der Waals surface area contributed by atoms with Crippen LogP contribution in [0.3, 0.4) is 0 Å². The number of rotatable bonds is 7. The van der Waals surface area contributed by atoms with Crippen molar-refractivity contribution in [1.82, 2.24) is 10.6 Å². The zero-order chi connectivity index (χ0) is 15.0. The number of carbonyl (C=O) groups excluding carboxylic acids is 1. The minimum absolute atomic E-state index is 0.114. The molecule has 0 bridgehead atoms. The first-order valence-corrected chi connectivity index (χ1v) is 7.23. The summed E-state index contributed by atoms with van der Waals surface area (Å²) in [6, 6.07) is 8.08. The number of nitrogens with one attached hydrogen (secondary N) is 2. The molecule has 0 aliphatic carbocycles. The molecule has 0 aromatic heterocycles. The van der Waals surface area contributed by atoms with Crippen molar-refractivity contribution in [3.8, 4) is 5.75 Å². The van der Waals surface area contributed by atoms with Gasteiger partial charge in [-0.05, 0) is 43.9 Å². The molecule has 2 amide bonds. The maximum Gasteiger partial charge on any atom is 0.314 e. The van der Waals surface area contributed by atoms with Crippen LogP contribution in [0.4, 0.5) is 4.79 Å². The molecule has 1 aromatic rings. The largest absolute Gasteiger partial charge is 0.493 e. The fourth-order valence-electron chi connectivity index (χ4n) is 1.65. The van der Waals surface area contributed by atoms with Gasteiger partial charge >= 0.3 is 6.03 Å². The van der Waals surface area contributed by atoms with Crippen molar-refractivity contribution in [1.29, 1.82) is 0 Å². The Labute approximate surface area is 121 Å². The van der Waals surface area contributed by atoms with E-state index in [4.69, 9.17) is 4.74 Å². The third-order valence-electron chi connectivity index (χ3n) is 2.63. The monoisotopic (exact) mass is 278 g/mol. The van der Waals surface area contributed by atoms with Crippen molar-refractivity contribution in [3.05, 3.63) is 29.8 Å². The van der Waals surface area contributed by atoms with E-state index in [-0.39, 0.29) is 12.1 Å². The standard InChI is InChI=1S/C16H26N2O2/c1-12(2)11-20-15-7-5-14(6-8-15)9-10-17-16(19)18-13(3)4/h5-8,12-13H,9-11H2,1-4H3,(H2,17,18,19). The van der Waals surface area contributed by atoms with Gasteiger partial charge in [-0.3, -0.25) is 0 Å². The highest BCUT2D eigenvalue weighted by molar-refractivity contribution is 5.74. The number of benzene rings is 1. The van der Waals surface area contributed by atoms with E-state index in [0.29, 0.717) is 12.5 Å². The first kappa shape index (κ1) is 16.3. The summed E-state index contributed by atoms with van der Waals surface area (Å²) in [6.07, 6.45) is 0.815. The molecular formula is C16H26N2O2. The van der Waals surface area contributed by atoms with E-state index in [2.05, 4.69) is 24.5 Å². The molecule has 0 unspecified atom stereocenters. The minimum atomic E-state index is -0.114. The van der Waals surface area contributed by atoms with Gasteiger partial charge < -0.3 is 15.4 Å². The molecule has 0 heterocycles. The topological polar surface area (TPSA) is 50.4 Å². The zero-order valence-corrected chi connectivity index (χ0v) is 12.9. The summed E-state index contributed by atoms with van der Waals surface area (Å²) in [4.78, 5) is 11.4. The van der Waals surface area contributed by atoms with Crippen LogP contribution in [0.2, 0.25) is 0 Å². The van der Waals surface area contributed by atoms with Crippen LogP contribution < -0.4 is 15.4 Å². The van der Waals surface area contributed by atoms with Gasteiger partial charge in [-0.2, -0.15) is 0 Å². The summed E-state index contributed by atoms with van der Waals surface area (Å²) in [6.45, 7) is 9.50. The summed E-state index contributed by atoms with van der Waals surface area (Å²) < 4.78 is 5.63. The lowest BCUT2D eigenvalue weighted by Gasteiger charge is -2.11. The molecule has 0 aliphatic heterocycles. The van der Waals surface area contributed by atoms with Crippen molar-refractivity contribution in [3.63, 3.8) is 0 Å². The van der Waals surface area contributed by atoms with Gasteiger partial charge in [0.2, 0.25) is 0 Å². The number of urea groups is 1. The van der Waals surface area contributed by atoms with Gasteiger partial charge in [0.25, 0.3) is 0 Å².